The van der Waals surface area contributed by atoms with E-state index in [4.69, 9.17) is 4.98 Å². The summed E-state index contributed by atoms with van der Waals surface area (Å²) in [6.45, 7) is 0. The Kier molecular flexibility index (Phi) is 7.98. The van der Waals surface area contributed by atoms with Gasteiger partial charge in [-0.25, -0.2) is 4.98 Å². The molecule has 0 aliphatic heterocycles. The summed E-state index contributed by atoms with van der Waals surface area (Å²) < 4.78 is 4.74. The van der Waals surface area contributed by atoms with Gasteiger partial charge >= 0.3 is 0 Å². The van der Waals surface area contributed by atoms with Crippen LogP contribution >= 0.6 is 0 Å². The van der Waals surface area contributed by atoms with E-state index in [1.165, 1.54) is 98.3 Å². The summed E-state index contributed by atoms with van der Waals surface area (Å²) in [6.07, 6.45) is 0. The van der Waals surface area contributed by atoms with E-state index in [0.29, 0.717) is 0 Å². The zero-order valence-corrected chi connectivity index (χ0v) is 35.9. The SMILES string of the molecule is c1ccc(-c2nc3ccccc3n2-c2ccc(-c3ccc4c5c3ccc3c(-c6c7ccccc7c(-c7cccc8ccccc78)c7ccccc67)ccc(c35)n4-c3ccccc3)cc2)cc1. The molecule has 0 amide bonds. The molecule has 0 saturated heterocycles. The third-order valence-electron chi connectivity index (χ3n) is 13.9. The van der Waals surface area contributed by atoms with E-state index in [9.17, 15) is 0 Å². The van der Waals surface area contributed by atoms with Crippen LogP contribution in [0.25, 0.3) is 132 Å². The normalized spacial score (nSPS) is 11.9. The fraction of sp³-hybridized carbons (Fsp3) is 0. The van der Waals surface area contributed by atoms with Crippen molar-refractivity contribution in [3.05, 3.63) is 237 Å². The van der Waals surface area contributed by atoms with Gasteiger partial charge < -0.3 is 4.57 Å². The van der Waals surface area contributed by atoms with Crippen LogP contribution in [0.4, 0.5) is 0 Å². The Bertz CT molecular complexity index is 4130. The molecular formula is C63H39N3. The van der Waals surface area contributed by atoms with Crippen LogP contribution in [0.2, 0.25) is 0 Å². The molecule has 306 valence electrons. The van der Waals surface area contributed by atoms with Crippen LogP contribution in [0.3, 0.4) is 0 Å². The van der Waals surface area contributed by atoms with Crippen LogP contribution < -0.4 is 0 Å². The molecule has 0 unspecified atom stereocenters. The molecule has 14 rings (SSSR count). The Balaban J connectivity index is 1.00. The third kappa shape index (κ3) is 5.35. The van der Waals surface area contributed by atoms with E-state index < -0.39 is 0 Å². The number of aromatic nitrogens is 3. The first-order valence-corrected chi connectivity index (χ1v) is 22.7. The monoisotopic (exact) mass is 837 g/mol. The van der Waals surface area contributed by atoms with Gasteiger partial charge in [-0.1, -0.05) is 188 Å². The number of imidazole rings is 1. The van der Waals surface area contributed by atoms with Crippen molar-refractivity contribution in [1.29, 1.82) is 0 Å². The predicted octanol–water partition coefficient (Wildman–Crippen LogP) is 16.8. The van der Waals surface area contributed by atoms with Crippen molar-refractivity contribution in [2.45, 2.75) is 0 Å². The van der Waals surface area contributed by atoms with Gasteiger partial charge in [0.15, 0.2) is 0 Å². The maximum absolute atomic E-state index is 5.11. The van der Waals surface area contributed by atoms with Gasteiger partial charge in [0.1, 0.15) is 5.82 Å². The average Bonchev–Trinajstić information content (AvgIpc) is 3.95. The van der Waals surface area contributed by atoms with E-state index in [1.54, 1.807) is 0 Å². The third-order valence-corrected chi connectivity index (χ3v) is 13.9. The fourth-order valence-corrected chi connectivity index (χ4v) is 11.1. The van der Waals surface area contributed by atoms with E-state index in [2.05, 4.69) is 246 Å². The topological polar surface area (TPSA) is 22.8 Å². The van der Waals surface area contributed by atoms with Crippen LogP contribution in [0.5, 0.6) is 0 Å². The molecule has 2 aromatic heterocycles. The van der Waals surface area contributed by atoms with Gasteiger partial charge in [-0.05, 0) is 125 Å². The van der Waals surface area contributed by atoms with Gasteiger partial charge in [0.05, 0.1) is 22.1 Å². The number of hydrogen-bond acceptors (Lipinski definition) is 1. The van der Waals surface area contributed by atoms with E-state index in [0.717, 1.165) is 33.8 Å². The summed E-state index contributed by atoms with van der Waals surface area (Å²) in [6, 6.07) is 86.4. The summed E-state index contributed by atoms with van der Waals surface area (Å²) in [5.41, 5.74) is 15.2. The molecule has 3 heteroatoms. The first-order valence-electron chi connectivity index (χ1n) is 22.7. The quantitative estimate of drug-likeness (QED) is 0.121. The van der Waals surface area contributed by atoms with Crippen LogP contribution in [0.1, 0.15) is 0 Å². The molecular weight excluding hydrogens is 799 g/mol. The number of hydrogen-bond donors (Lipinski definition) is 0. The van der Waals surface area contributed by atoms with E-state index in [-0.39, 0.29) is 0 Å². The van der Waals surface area contributed by atoms with Crippen molar-refractivity contribution in [3.63, 3.8) is 0 Å². The number of nitrogens with zero attached hydrogens (tertiary/aromatic N) is 3. The van der Waals surface area contributed by atoms with Gasteiger partial charge in [-0.15, -0.1) is 0 Å². The van der Waals surface area contributed by atoms with Crippen molar-refractivity contribution < 1.29 is 0 Å². The number of fused-ring (bicyclic) bond motifs is 4. The van der Waals surface area contributed by atoms with Gasteiger partial charge in [-0.2, -0.15) is 0 Å². The standard InChI is InChI=1S/C63H39N3/c1-3-17-42(18-4-1)63-64-55-28-13-14-29-56(55)66(63)44-32-30-41(31-33-44)46-36-38-57-61-52(46)34-35-54-53(37-39-58(62(54)61)65(57)43-20-5-2-6-21-43)60-50-25-11-9-23-48(50)59(49-24-10-12-26-51(49)60)47-27-15-19-40-16-7-8-22-45(40)47/h1-39H. The molecule has 2 heterocycles. The Hall–Kier alpha value is -8.79. The van der Waals surface area contributed by atoms with Crippen molar-refractivity contribution >= 4 is 75.9 Å². The van der Waals surface area contributed by atoms with Crippen LogP contribution in [-0.2, 0) is 0 Å². The largest absolute Gasteiger partial charge is 0.309 e. The van der Waals surface area contributed by atoms with Crippen molar-refractivity contribution in [2.24, 2.45) is 0 Å². The summed E-state index contributed by atoms with van der Waals surface area (Å²) >= 11 is 0. The minimum atomic E-state index is 0.935. The Morgan fingerprint density at radius 1 is 0.273 bits per heavy atom. The van der Waals surface area contributed by atoms with Crippen molar-refractivity contribution in [3.8, 4) is 56.1 Å². The second-order valence-corrected chi connectivity index (χ2v) is 17.4. The zero-order chi connectivity index (χ0) is 43.3. The molecule has 0 saturated carbocycles. The summed E-state index contributed by atoms with van der Waals surface area (Å²) in [7, 11) is 0. The molecule has 0 atom stereocenters. The minimum absolute atomic E-state index is 0.935. The lowest BCUT2D eigenvalue weighted by Crippen LogP contribution is -1.97. The maximum atomic E-state index is 5.11. The smallest absolute Gasteiger partial charge is 0.145 e. The molecule has 0 N–H and O–H groups in total. The Morgan fingerprint density at radius 3 is 1.44 bits per heavy atom. The van der Waals surface area contributed by atoms with Gasteiger partial charge in [0, 0.05) is 27.7 Å². The fourth-order valence-electron chi connectivity index (χ4n) is 11.1. The molecule has 0 spiro atoms. The number of rotatable bonds is 6. The molecule has 0 fully saturated rings. The molecule has 0 aliphatic carbocycles. The van der Waals surface area contributed by atoms with Gasteiger partial charge in [0.2, 0.25) is 0 Å². The first-order chi connectivity index (χ1) is 32.8. The molecule has 14 aromatic rings. The number of para-hydroxylation sites is 3. The molecule has 12 aromatic carbocycles. The van der Waals surface area contributed by atoms with Crippen LogP contribution in [0.15, 0.2) is 237 Å². The molecule has 0 bridgehead atoms. The van der Waals surface area contributed by atoms with Gasteiger partial charge in [0.25, 0.3) is 0 Å². The highest BCUT2D eigenvalue weighted by Gasteiger charge is 2.24. The molecule has 0 radical (unpaired) electrons. The minimum Gasteiger partial charge on any atom is -0.309 e. The highest BCUT2D eigenvalue weighted by Crippen LogP contribution is 2.50. The highest BCUT2D eigenvalue weighted by molar-refractivity contribution is 6.31. The van der Waals surface area contributed by atoms with Crippen LogP contribution in [0, 0.1) is 0 Å². The maximum Gasteiger partial charge on any atom is 0.145 e. The lowest BCUT2D eigenvalue weighted by atomic mass is 9.83. The molecule has 3 nitrogen and oxygen atoms in total. The van der Waals surface area contributed by atoms with E-state index in [1.807, 2.05) is 0 Å². The first kappa shape index (κ1) is 36.7. The van der Waals surface area contributed by atoms with Crippen molar-refractivity contribution in [2.75, 3.05) is 0 Å². The second-order valence-electron chi connectivity index (χ2n) is 17.4. The predicted molar refractivity (Wildman–Crippen MR) is 278 cm³/mol. The van der Waals surface area contributed by atoms with Crippen LogP contribution in [-0.4, -0.2) is 14.1 Å². The summed E-state index contributed by atoms with van der Waals surface area (Å²) in [5, 5.41) is 12.6. The summed E-state index contributed by atoms with van der Waals surface area (Å²) in [4.78, 5) is 5.11. The molecule has 66 heavy (non-hydrogen) atoms. The molecule has 0 aliphatic rings. The average molecular weight is 838 g/mol. The number of benzene rings is 12. The second kappa shape index (κ2) is 14.4. The Labute approximate surface area is 381 Å². The highest BCUT2D eigenvalue weighted by atomic mass is 15.1. The lowest BCUT2D eigenvalue weighted by Gasteiger charge is -2.20. The lowest BCUT2D eigenvalue weighted by molar-refractivity contribution is 1.10. The van der Waals surface area contributed by atoms with E-state index >= 15 is 0 Å². The zero-order valence-electron chi connectivity index (χ0n) is 35.9. The van der Waals surface area contributed by atoms with Gasteiger partial charge in [-0.3, -0.25) is 4.57 Å². The summed E-state index contributed by atoms with van der Waals surface area (Å²) in [5.74, 6) is 0.935. The van der Waals surface area contributed by atoms with Crippen molar-refractivity contribution in [1.82, 2.24) is 14.1 Å². The Morgan fingerprint density at radius 2 is 0.773 bits per heavy atom.